The molecule has 114 valence electrons. The van der Waals surface area contributed by atoms with Crippen LogP contribution in [-0.4, -0.2) is 19.7 Å². The van der Waals surface area contributed by atoms with Crippen LogP contribution >= 0.6 is 12.4 Å². The molecule has 21 heavy (non-hydrogen) atoms. The Bertz CT molecular complexity index is 615. The number of hydrogen-bond donors (Lipinski definition) is 1. The summed E-state index contributed by atoms with van der Waals surface area (Å²) >= 11 is 0. The van der Waals surface area contributed by atoms with E-state index in [1.807, 2.05) is 36.4 Å². The minimum atomic E-state index is -0.347. The molecule has 0 spiro atoms. The Kier molecular flexibility index (Phi) is 6.46. The zero-order chi connectivity index (χ0) is 14.5. The third-order valence-corrected chi connectivity index (χ3v) is 3.19. The lowest BCUT2D eigenvalue weighted by atomic mass is 10.0. The average molecular weight is 310 g/mol. The van der Waals surface area contributed by atoms with Gasteiger partial charge in [-0.3, -0.25) is 4.79 Å². The number of ether oxygens (including phenoxy) is 2. The van der Waals surface area contributed by atoms with Gasteiger partial charge in [0.05, 0.1) is 20.1 Å². The maximum absolute atomic E-state index is 11.5. The zero-order valence-electron chi connectivity index (χ0n) is 12.2. The summed E-state index contributed by atoms with van der Waals surface area (Å²) in [5.41, 5.74) is 6.97. The molecule has 0 saturated heterocycles. The van der Waals surface area contributed by atoms with Crippen LogP contribution < -0.4 is 10.5 Å². The van der Waals surface area contributed by atoms with Crippen LogP contribution in [0, 0.1) is 0 Å². The number of hydrogen-bond acceptors (Lipinski definition) is 4. The molecule has 0 aliphatic carbocycles. The number of halogens is 1. The van der Waals surface area contributed by atoms with E-state index in [4.69, 9.17) is 15.2 Å². The number of carbonyl (C=O) groups is 1. The van der Waals surface area contributed by atoms with Crippen molar-refractivity contribution in [1.29, 1.82) is 0 Å². The van der Waals surface area contributed by atoms with Gasteiger partial charge in [-0.25, -0.2) is 0 Å². The Balaban J connectivity index is 0.00000220. The van der Waals surface area contributed by atoms with E-state index in [2.05, 4.69) is 0 Å². The second-order valence-corrected chi connectivity index (χ2v) is 4.59. The summed E-state index contributed by atoms with van der Waals surface area (Å²) in [5.74, 6) is 0.552. The molecule has 2 aromatic carbocycles. The number of nitrogens with two attached hydrogens (primary N) is 1. The number of benzene rings is 2. The first-order valence-corrected chi connectivity index (χ1v) is 6.63. The smallest absolute Gasteiger partial charge is 0.307 e. The molecule has 2 N–H and O–H groups in total. The summed E-state index contributed by atoms with van der Waals surface area (Å²) in [4.78, 5) is 11.5. The van der Waals surface area contributed by atoms with Crippen molar-refractivity contribution in [3.05, 3.63) is 42.0 Å². The highest BCUT2D eigenvalue weighted by Crippen LogP contribution is 2.24. The molecule has 0 aliphatic rings. The quantitative estimate of drug-likeness (QED) is 0.861. The van der Waals surface area contributed by atoms with Gasteiger partial charge in [0.1, 0.15) is 5.75 Å². The summed E-state index contributed by atoms with van der Waals surface area (Å²) in [6.45, 7) is 2.16. The van der Waals surface area contributed by atoms with E-state index in [1.54, 1.807) is 14.0 Å². The highest BCUT2D eigenvalue weighted by atomic mass is 35.5. The fraction of sp³-hybridized carbons (Fsp3) is 0.312. The van der Waals surface area contributed by atoms with Crippen LogP contribution in [0.4, 0.5) is 0 Å². The molecule has 0 heterocycles. The third kappa shape index (κ3) is 4.34. The molecule has 5 heteroatoms. The van der Waals surface area contributed by atoms with E-state index in [0.717, 1.165) is 22.1 Å². The van der Waals surface area contributed by atoms with Gasteiger partial charge in [0.2, 0.25) is 0 Å². The van der Waals surface area contributed by atoms with Crippen molar-refractivity contribution in [2.24, 2.45) is 5.73 Å². The second-order valence-electron chi connectivity index (χ2n) is 4.59. The van der Waals surface area contributed by atoms with Crippen molar-refractivity contribution >= 4 is 29.1 Å². The molecule has 0 unspecified atom stereocenters. The maximum Gasteiger partial charge on any atom is 0.307 e. The van der Waals surface area contributed by atoms with Crippen LogP contribution in [0.2, 0.25) is 0 Å². The molecular weight excluding hydrogens is 290 g/mol. The number of rotatable bonds is 5. The lowest BCUT2D eigenvalue weighted by Crippen LogP contribution is -2.17. The molecule has 0 fully saturated rings. The maximum atomic E-state index is 11.5. The molecule has 0 aliphatic heterocycles. The van der Waals surface area contributed by atoms with Crippen molar-refractivity contribution in [3.8, 4) is 5.75 Å². The van der Waals surface area contributed by atoms with Gasteiger partial charge in [0.15, 0.2) is 0 Å². The van der Waals surface area contributed by atoms with E-state index in [1.165, 1.54) is 0 Å². The van der Waals surface area contributed by atoms with Gasteiger partial charge in [-0.1, -0.05) is 18.2 Å². The van der Waals surface area contributed by atoms with Crippen LogP contribution in [0.3, 0.4) is 0 Å². The summed E-state index contributed by atoms with van der Waals surface area (Å²) in [7, 11) is 1.64. The highest BCUT2D eigenvalue weighted by Gasteiger charge is 2.12. The average Bonchev–Trinajstić information content (AvgIpc) is 2.46. The zero-order valence-corrected chi connectivity index (χ0v) is 13.0. The molecule has 0 aromatic heterocycles. The van der Waals surface area contributed by atoms with Crippen LogP contribution in [0.5, 0.6) is 5.75 Å². The first-order valence-electron chi connectivity index (χ1n) is 6.63. The predicted octanol–water partition coefficient (Wildman–Crippen LogP) is 3.22. The molecule has 2 aromatic rings. The van der Waals surface area contributed by atoms with E-state index < -0.39 is 0 Å². The van der Waals surface area contributed by atoms with E-state index in [0.29, 0.717) is 6.61 Å². The molecule has 2 rings (SSSR count). The molecular formula is C16H20ClNO3. The SMILES string of the molecule is CCOC(=O)C[C@@H](N)c1ccc2cc(OC)ccc2c1.Cl. The van der Waals surface area contributed by atoms with Crippen LogP contribution in [-0.2, 0) is 9.53 Å². The Morgan fingerprint density at radius 1 is 1.19 bits per heavy atom. The lowest BCUT2D eigenvalue weighted by Gasteiger charge is -2.12. The van der Waals surface area contributed by atoms with E-state index >= 15 is 0 Å². The van der Waals surface area contributed by atoms with Gasteiger partial charge < -0.3 is 15.2 Å². The van der Waals surface area contributed by atoms with Crippen molar-refractivity contribution < 1.29 is 14.3 Å². The number of esters is 1. The van der Waals surface area contributed by atoms with Crippen molar-refractivity contribution in [2.75, 3.05) is 13.7 Å². The van der Waals surface area contributed by atoms with Crippen molar-refractivity contribution in [3.63, 3.8) is 0 Å². The number of carbonyl (C=O) groups excluding carboxylic acids is 1. The van der Waals surface area contributed by atoms with Gasteiger partial charge >= 0.3 is 5.97 Å². The molecule has 0 amide bonds. The monoisotopic (exact) mass is 309 g/mol. The van der Waals surface area contributed by atoms with Gasteiger partial charge in [-0.05, 0) is 41.5 Å². The fourth-order valence-electron chi connectivity index (χ4n) is 2.12. The number of fused-ring (bicyclic) bond motifs is 1. The van der Waals surface area contributed by atoms with Gasteiger partial charge in [-0.15, -0.1) is 12.4 Å². The summed E-state index contributed by atoms with van der Waals surface area (Å²) in [6, 6.07) is 11.4. The molecule has 4 nitrogen and oxygen atoms in total. The minimum absolute atomic E-state index is 0. The van der Waals surface area contributed by atoms with E-state index in [-0.39, 0.29) is 30.8 Å². The normalized spacial score (nSPS) is 11.6. The fourth-order valence-corrected chi connectivity index (χ4v) is 2.12. The first kappa shape index (κ1) is 17.3. The minimum Gasteiger partial charge on any atom is -0.497 e. The molecule has 0 saturated carbocycles. The van der Waals surface area contributed by atoms with Crippen LogP contribution in [0.15, 0.2) is 36.4 Å². The lowest BCUT2D eigenvalue weighted by molar-refractivity contribution is -0.143. The van der Waals surface area contributed by atoms with Gasteiger partial charge in [0, 0.05) is 6.04 Å². The summed E-state index contributed by atoms with van der Waals surface area (Å²) < 4.78 is 10.1. The Morgan fingerprint density at radius 2 is 1.86 bits per heavy atom. The standard InChI is InChI=1S/C16H19NO3.ClH/c1-3-20-16(18)10-15(17)13-5-4-12-9-14(19-2)7-6-11(12)8-13;/h4-9,15H,3,10,17H2,1-2H3;1H/t15-;/m1./s1. The summed E-state index contributed by atoms with van der Waals surface area (Å²) in [6.07, 6.45) is 0.190. The van der Waals surface area contributed by atoms with Crippen molar-refractivity contribution in [1.82, 2.24) is 0 Å². The largest absolute Gasteiger partial charge is 0.497 e. The molecule has 1 atom stereocenters. The molecule has 0 bridgehead atoms. The summed E-state index contributed by atoms with van der Waals surface area (Å²) in [5, 5.41) is 2.15. The number of methoxy groups -OCH3 is 1. The van der Waals surface area contributed by atoms with Crippen LogP contribution in [0.25, 0.3) is 10.8 Å². The molecule has 0 radical (unpaired) electrons. The van der Waals surface area contributed by atoms with Gasteiger partial charge in [0.25, 0.3) is 0 Å². The first-order chi connectivity index (χ1) is 9.63. The topological polar surface area (TPSA) is 61.5 Å². The Labute approximate surface area is 130 Å². The third-order valence-electron chi connectivity index (χ3n) is 3.19. The van der Waals surface area contributed by atoms with E-state index in [9.17, 15) is 4.79 Å². The predicted molar refractivity (Wildman–Crippen MR) is 85.9 cm³/mol. The highest BCUT2D eigenvalue weighted by molar-refractivity contribution is 5.85. The van der Waals surface area contributed by atoms with Crippen LogP contribution in [0.1, 0.15) is 24.9 Å². The Morgan fingerprint density at radius 3 is 2.52 bits per heavy atom. The van der Waals surface area contributed by atoms with Crippen molar-refractivity contribution in [2.45, 2.75) is 19.4 Å². The van der Waals surface area contributed by atoms with Gasteiger partial charge in [-0.2, -0.15) is 0 Å². The second kappa shape index (κ2) is 7.86. The Hall–Kier alpha value is -1.78.